The van der Waals surface area contributed by atoms with Crippen molar-refractivity contribution in [1.29, 1.82) is 0 Å². The predicted molar refractivity (Wildman–Crippen MR) is 109 cm³/mol. The number of ether oxygens (including phenoxy) is 2. The minimum atomic E-state index is -0.481. The number of rotatable bonds is 3. The van der Waals surface area contributed by atoms with Crippen LogP contribution in [0.2, 0.25) is 0 Å². The fraction of sp³-hybridized carbons (Fsp3) is 0.435. The standard InChI is InChI=1S/C23H26N2O4/c1-16-4-3-5-18(12-16)15-25-19-13-17(2)29-21(19)14-20(25)22(26)24-8-6-23(7-9-24)27-10-11-28-23/h3-5,12-14H,6-11,15H2,1-2H3. The van der Waals surface area contributed by atoms with Crippen molar-refractivity contribution in [3.63, 3.8) is 0 Å². The Morgan fingerprint density at radius 2 is 1.83 bits per heavy atom. The van der Waals surface area contributed by atoms with Crippen LogP contribution < -0.4 is 0 Å². The summed E-state index contributed by atoms with van der Waals surface area (Å²) in [7, 11) is 0. The van der Waals surface area contributed by atoms with Gasteiger partial charge in [-0.1, -0.05) is 29.8 Å². The van der Waals surface area contributed by atoms with Crippen LogP contribution in [0.25, 0.3) is 11.1 Å². The van der Waals surface area contributed by atoms with Gasteiger partial charge in [0.2, 0.25) is 0 Å². The minimum absolute atomic E-state index is 0.0366. The summed E-state index contributed by atoms with van der Waals surface area (Å²) in [5.41, 5.74) is 4.77. The molecule has 0 radical (unpaired) electrons. The van der Waals surface area contributed by atoms with Gasteiger partial charge in [-0.25, -0.2) is 0 Å². The van der Waals surface area contributed by atoms with Crippen molar-refractivity contribution in [3.8, 4) is 0 Å². The summed E-state index contributed by atoms with van der Waals surface area (Å²) >= 11 is 0. The van der Waals surface area contributed by atoms with E-state index in [-0.39, 0.29) is 5.91 Å². The smallest absolute Gasteiger partial charge is 0.270 e. The number of hydrogen-bond donors (Lipinski definition) is 0. The van der Waals surface area contributed by atoms with Gasteiger partial charge in [0.25, 0.3) is 5.91 Å². The molecule has 0 atom stereocenters. The molecule has 0 aliphatic carbocycles. The third-order valence-electron chi connectivity index (χ3n) is 5.98. The molecule has 6 nitrogen and oxygen atoms in total. The maximum atomic E-state index is 13.4. The van der Waals surface area contributed by atoms with Crippen LogP contribution in [0.4, 0.5) is 0 Å². The average molecular weight is 394 g/mol. The molecule has 2 aliphatic rings. The molecule has 1 aromatic carbocycles. The third kappa shape index (κ3) is 3.36. The second kappa shape index (κ2) is 7.04. The summed E-state index contributed by atoms with van der Waals surface area (Å²) in [6.45, 7) is 7.20. The Hall–Kier alpha value is -2.57. The highest BCUT2D eigenvalue weighted by molar-refractivity contribution is 5.97. The van der Waals surface area contributed by atoms with Crippen LogP contribution in [0.15, 0.2) is 40.8 Å². The lowest BCUT2D eigenvalue weighted by molar-refractivity contribution is -0.181. The van der Waals surface area contributed by atoms with Crippen molar-refractivity contribution in [1.82, 2.24) is 9.47 Å². The number of likely N-dealkylation sites (tertiary alicyclic amines) is 1. The van der Waals surface area contributed by atoms with Crippen LogP contribution in [0.3, 0.4) is 0 Å². The molecule has 2 fully saturated rings. The molecule has 1 spiro atoms. The van der Waals surface area contributed by atoms with Gasteiger partial charge in [0.05, 0.1) is 18.7 Å². The first-order valence-corrected chi connectivity index (χ1v) is 10.3. The molecule has 2 aliphatic heterocycles. The summed E-state index contributed by atoms with van der Waals surface area (Å²) < 4.78 is 19.5. The van der Waals surface area contributed by atoms with Crippen LogP contribution in [0, 0.1) is 13.8 Å². The third-order valence-corrected chi connectivity index (χ3v) is 5.98. The Balaban J connectivity index is 1.44. The molecule has 0 bridgehead atoms. The number of furan rings is 1. The summed E-state index contributed by atoms with van der Waals surface area (Å²) in [6, 6.07) is 12.3. The number of carbonyl (C=O) groups is 1. The van der Waals surface area contributed by atoms with E-state index < -0.39 is 5.79 Å². The second-order valence-corrected chi connectivity index (χ2v) is 8.11. The van der Waals surface area contributed by atoms with Gasteiger partial charge in [0.15, 0.2) is 11.4 Å². The fourth-order valence-electron chi connectivity index (χ4n) is 4.50. The maximum Gasteiger partial charge on any atom is 0.270 e. The van der Waals surface area contributed by atoms with E-state index in [2.05, 4.69) is 35.8 Å². The van der Waals surface area contributed by atoms with Crippen molar-refractivity contribution < 1.29 is 18.7 Å². The molecule has 2 saturated heterocycles. The van der Waals surface area contributed by atoms with Crippen molar-refractivity contribution in [2.75, 3.05) is 26.3 Å². The largest absolute Gasteiger partial charge is 0.460 e. The second-order valence-electron chi connectivity index (χ2n) is 8.11. The van der Waals surface area contributed by atoms with E-state index in [0.29, 0.717) is 51.4 Å². The van der Waals surface area contributed by atoms with Gasteiger partial charge in [-0.2, -0.15) is 0 Å². The highest BCUT2D eigenvalue weighted by Gasteiger charge is 2.41. The summed E-state index contributed by atoms with van der Waals surface area (Å²) in [5.74, 6) is 0.405. The first-order chi connectivity index (χ1) is 14.0. The first-order valence-electron chi connectivity index (χ1n) is 10.3. The topological polar surface area (TPSA) is 56.8 Å². The number of hydrogen-bond acceptors (Lipinski definition) is 4. The zero-order chi connectivity index (χ0) is 20.0. The number of aryl methyl sites for hydroxylation is 2. The zero-order valence-electron chi connectivity index (χ0n) is 16.9. The van der Waals surface area contributed by atoms with Crippen molar-refractivity contribution in [2.45, 2.75) is 39.0 Å². The number of benzene rings is 1. The number of aromatic nitrogens is 1. The normalized spacial score (nSPS) is 18.8. The van der Waals surface area contributed by atoms with Crippen LogP contribution in [0.5, 0.6) is 0 Å². The van der Waals surface area contributed by atoms with Gasteiger partial charge >= 0.3 is 0 Å². The molecule has 152 valence electrons. The first kappa shape index (κ1) is 18.5. The molecule has 1 amide bonds. The zero-order valence-corrected chi connectivity index (χ0v) is 16.9. The van der Waals surface area contributed by atoms with Crippen molar-refractivity contribution in [3.05, 3.63) is 59.0 Å². The quantitative estimate of drug-likeness (QED) is 0.677. The van der Waals surface area contributed by atoms with Gasteiger partial charge < -0.3 is 23.4 Å². The fourth-order valence-corrected chi connectivity index (χ4v) is 4.50. The van der Waals surface area contributed by atoms with E-state index in [0.717, 1.165) is 16.9 Å². The molecule has 3 aromatic rings. The lowest BCUT2D eigenvalue weighted by Gasteiger charge is -2.37. The minimum Gasteiger partial charge on any atom is -0.460 e. The van der Waals surface area contributed by atoms with E-state index in [1.807, 2.05) is 24.0 Å². The van der Waals surface area contributed by atoms with Crippen molar-refractivity contribution in [2.24, 2.45) is 0 Å². The van der Waals surface area contributed by atoms with E-state index in [9.17, 15) is 4.79 Å². The highest BCUT2D eigenvalue weighted by atomic mass is 16.7. The highest BCUT2D eigenvalue weighted by Crippen LogP contribution is 2.33. The lowest BCUT2D eigenvalue weighted by Crippen LogP contribution is -2.47. The summed E-state index contributed by atoms with van der Waals surface area (Å²) in [4.78, 5) is 15.3. The maximum absolute atomic E-state index is 13.4. The molecule has 0 unspecified atom stereocenters. The van der Waals surface area contributed by atoms with Gasteiger partial charge in [-0.05, 0) is 19.4 Å². The average Bonchev–Trinajstić information content (AvgIpc) is 3.38. The molecule has 6 heteroatoms. The Bertz CT molecular complexity index is 1050. The van der Waals surface area contributed by atoms with Crippen LogP contribution in [0.1, 0.15) is 40.2 Å². The van der Waals surface area contributed by atoms with E-state index in [1.54, 1.807) is 0 Å². The summed E-state index contributed by atoms with van der Waals surface area (Å²) in [6.07, 6.45) is 1.43. The molecule has 0 saturated carbocycles. The van der Waals surface area contributed by atoms with E-state index in [4.69, 9.17) is 13.9 Å². The Morgan fingerprint density at radius 3 is 2.55 bits per heavy atom. The van der Waals surface area contributed by atoms with Gasteiger partial charge in [0, 0.05) is 44.6 Å². The molecule has 5 rings (SSSR count). The van der Waals surface area contributed by atoms with Crippen LogP contribution >= 0.6 is 0 Å². The lowest BCUT2D eigenvalue weighted by atomic mass is 10.0. The molecule has 2 aromatic heterocycles. The number of carbonyl (C=O) groups excluding carboxylic acids is 1. The van der Waals surface area contributed by atoms with E-state index in [1.165, 1.54) is 11.1 Å². The molecule has 0 N–H and O–H groups in total. The van der Waals surface area contributed by atoms with Crippen LogP contribution in [-0.2, 0) is 16.0 Å². The number of piperidine rings is 1. The summed E-state index contributed by atoms with van der Waals surface area (Å²) in [5, 5.41) is 0. The van der Waals surface area contributed by atoms with Crippen molar-refractivity contribution >= 4 is 17.0 Å². The van der Waals surface area contributed by atoms with E-state index >= 15 is 0 Å². The number of nitrogens with zero attached hydrogens (tertiary/aromatic N) is 2. The van der Waals surface area contributed by atoms with Gasteiger partial charge in [-0.15, -0.1) is 0 Å². The Labute approximate surface area is 170 Å². The monoisotopic (exact) mass is 394 g/mol. The molecule has 4 heterocycles. The van der Waals surface area contributed by atoms with Crippen LogP contribution in [-0.4, -0.2) is 47.5 Å². The molecule has 29 heavy (non-hydrogen) atoms. The van der Waals surface area contributed by atoms with Gasteiger partial charge in [-0.3, -0.25) is 4.79 Å². The SMILES string of the molecule is Cc1cccc(Cn2c(C(=O)N3CCC4(CC3)OCCO4)cc3oc(C)cc32)c1. The number of fused-ring (bicyclic) bond motifs is 1. The van der Waals surface area contributed by atoms with Gasteiger partial charge in [0.1, 0.15) is 11.5 Å². The molecular formula is C23H26N2O4. The Morgan fingerprint density at radius 1 is 1.07 bits per heavy atom. The number of amides is 1. The molecular weight excluding hydrogens is 368 g/mol. The predicted octanol–water partition coefficient (Wildman–Crippen LogP) is 3.88. The Kier molecular flexibility index (Phi) is 4.48.